The van der Waals surface area contributed by atoms with Crippen molar-refractivity contribution in [3.63, 3.8) is 0 Å². The molecule has 1 fully saturated rings. The van der Waals surface area contributed by atoms with Crippen molar-refractivity contribution < 1.29 is 4.79 Å². The number of halogens is 2. The van der Waals surface area contributed by atoms with Gasteiger partial charge in [0.2, 0.25) is 5.91 Å². The Morgan fingerprint density at radius 1 is 1.50 bits per heavy atom. The highest BCUT2D eigenvalue weighted by Crippen LogP contribution is 2.30. The van der Waals surface area contributed by atoms with Crippen molar-refractivity contribution in [1.82, 2.24) is 10.2 Å². The summed E-state index contributed by atoms with van der Waals surface area (Å²) in [6.07, 6.45) is 0.619. The van der Waals surface area contributed by atoms with Crippen LogP contribution in [0.1, 0.15) is 6.42 Å². The van der Waals surface area contributed by atoms with Crippen molar-refractivity contribution in [1.29, 1.82) is 0 Å². The molecule has 1 saturated heterocycles. The Morgan fingerprint density at radius 3 is 3.06 bits per heavy atom. The highest BCUT2D eigenvalue weighted by molar-refractivity contribution is 9.10. The van der Waals surface area contributed by atoms with Gasteiger partial charge in [0.25, 0.3) is 0 Å². The minimum absolute atomic E-state index is 0.188. The molecule has 2 aromatic rings. The molecule has 1 unspecified atom stereocenters. The zero-order valence-corrected chi connectivity index (χ0v) is 12.7. The number of carbonyl (C=O) groups excluding carboxylic acids is 1. The number of amides is 1. The lowest BCUT2D eigenvalue weighted by molar-refractivity contribution is -0.117. The summed E-state index contributed by atoms with van der Waals surface area (Å²) >= 11 is 6.85. The van der Waals surface area contributed by atoms with Crippen LogP contribution in [-0.4, -0.2) is 28.0 Å². The van der Waals surface area contributed by atoms with E-state index in [0.29, 0.717) is 12.3 Å². The molecule has 0 saturated carbocycles. The number of H-pyrrole nitrogens is 1. The number of alkyl halides is 1. The molecule has 0 aliphatic carbocycles. The quantitative estimate of drug-likeness (QED) is 0.823. The third kappa shape index (κ3) is 1.97. The van der Waals surface area contributed by atoms with Crippen molar-refractivity contribution in [3.8, 4) is 0 Å². The van der Waals surface area contributed by atoms with E-state index in [4.69, 9.17) is 0 Å². The minimum Gasteiger partial charge on any atom is -0.312 e. The number of nitrogens with zero attached hydrogens (tertiary/aromatic N) is 2. The Hall–Kier alpha value is -0.880. The molecule has 1 N–H and O–H groups in total. The predicted octanol–water partition coefficient (Wildman–Crippen LogP) is 3.07. The molecule has 0 spiro atoms. The molecule has 2 heterocycles. The lowest BCUT2D eigenvalue weighted by Gasteiger charge is -2.16. The Morgan fingerprint density at radius 2 is 2.33 bits per heavy atom. The fraction of sp³-hybridized carbons (Fsp3) is 0.333. The van der Waals surface area contributed by atoms with Gasteiger partial charge in [-0.1, -0.05) is 15.9 Å². The maximum atomic E-state index is 12.0. The van der Waals surface area contributed by atoms with Crippen LogP contribution in [0.15, 0.2) is 22.8 Å². The van der Waals surface area contributed by atoms with Crippen LogP contribution in [-0.2, 0) is 4.79 Å². The van der Waals surface area contributed by atoms with Gasteiger partial charge in [-0.25, -0.2) is 0 Å². The zero-order chi connectivity index (χ0) is 12.7. The zero-order valence-electron chi connectivity index (χ0n) is 9.49. The maximum Gasteiger partial charge on any atom is 0.227 e. The molecular weight excluding hydrogens is 362 g/mol. The van der Waals surface area contributed by atoms with Crippen molar-refractivity contribution in [2.75, 3.05) is 16.8 Å². The number of nitrogens with one attached hydrogen (secondary N) is 1. The van der Waals surface area contributed by atoms with Gasteiger partial charge in [0.15, 0.2) is 0 Å². The molecule has 0 bridgehead atoms. The summed E-state index contributed by atoms with van der Waals surface area (Å²) in [5.74, 6) is 0.590. The van der Waals surface area contributed by atoms with Gasteiger partial charge in [-0.2, -0.15) is 5.10 Å². The average Bonchev–Trinajstić information content (AvgIpc) is 2.93. The first-order chi connectivity index (χ1) is 8.69. The first-order valence-corrected chi connectivity index (χ1v) is 7.60. The Bertz CT molecular complexity index is 610. The minimum atomic E-state index is 0.188. The molecule has 3 rings (SSSR count). The van der Waals surface area contributed by atoms with E-state index in [1.807, 2.05) is 23.1 Å². The number of fused-ring (bicyclic) bond motifs is 1. The molecule has 18 heavy (non-hydrogen) atoms. The summed E-state index contributed by atoms with van der Waals surface area (Å²) in [6, 6.07) is 5.90. The summed E-state index contributed by atoms with van der Waals surface area (Å²) in [6.45, 7) is 0.779. The second kappa shape index (κ2) is 4.66. The second-order valence-corrected chi connectivity index (χ2v) is 5.91. The Kier molecular flexibility index (Phi) is 3.15. The number of carbonyl (C=O) groups is 1. The molecule has 1 amide bonds. The molecule has 1 aromatic carbocycles. The van der Waals surface area contributed by atoms with Gasteiger partial charge in [-0.3, -0.25) is 9.89 Å². The Balaban J connectivity index is 1.97. The number of hydrogen-bond donors (Lipinski definition) is 1. The average molecular weight is 373 g/mol. The van der Waals surface area contributed by atoms with Gasteiger partial charge in [-0.05, 0) is 40.0 Å². The van der Waals surface area contributed by atoms with Gasteiger partial charge >= 0.3 is 0 Å². The van der Waals surface area contributed by atoms with E-state index >= 15 is 0 Å². The van der Waals surface area contributed by atoms with Crippen molar-refractivity contribution >= 4 is 54.4 Å². The van der Waals surface area contributed by atoms with Crippen LogP contribution in [0.2, 0.25) is 0 Å². The van der Waals surface area contributed by atoms with Crippen LogP contribution >= 0.6 is 31.9 Å². The molecule has 1 aliphatic heterocycles. The fourth-order valence-corrected chi connectivity index (χ4v) is 3.13. The topological polar surface area (TPSA) is 49.0 Å². The number of aromatic nitrogens is 2. The smallest absolute Gasteiger partial charge is 0.227 e. The summed E-state index contributed by atoms with van der Waals surface area (Å²) in [7, 11) is 0. The largest absolute Gasteiger partial charge is 0.312 e. The predicted molar refractivity (Wildman–Crippen MR) is 78.0 cm³/mol. The summed E-state index contributed by atoms with van der Waals surface area (Å²) in [4.78, 5) is 13.8. The van der Waals surface area contributed by atoms with Gasteiger partial charge in [0.05, 0.1) is 5.52 Å². The number of aromatic amines is 1. The number of rotatable bonds is 2. The van der Waals surface area contributed by atoms with E-state index in [1.54, 1.807) is 0 Å². The summed E-state index contributed by atoms with van der Waals surface area (Å²) in [5, 5.41) is 8.97. The maximum absolute atomic E-state index is 12.0. The molecular formula is C12H11Br2N3O. The van der Waals surface area contributed by atoms with Crippen molar-refractivity contribution in [2.45, 2.75) is 6.42 Å². The fourth-order valence-electron chi connectivity index (χ4n) is 2.27. The van der Waals surface area contributed by atoms with Crippen molar-refractivity contribution in [3.05, 3.63) is 22.8 Å². The first-order valence-electron chi connectivity index (χ1n) is 5.69. The van der Waals surface area contributed by atoms with E-state index in [-0.39, 0.29) is 5.91 Å². The lowest BCUT2D eigenvalue weighted by Crippen LogP contribution is -2.24. The highest BCUT2D eigenvalue weighted by atomic mass is 79.9. The van der Waals surface area contributed by atoms with Gasteiger partial charge in [-0.15, -0.1) is 0 Å². The van der Waals surface area contributed by atoms with Crippen LogP contribution in [0.4, 0.5) is 5.69 Å². The van der Waals surface area contributed by atoms with Gasteiger partial charge in [0.1, 0.15) is 4.60 Å². The SMILES string of the molecule is O=C1CC(CBr)CN1c1ccc2c(Br)[nH]nc2c1. The van der Waals surface area contributed by atoms with E-state index in [2.05, 4.69) is 42.1 Å². The van der Waals surface area contributed by atoms with Crippen LogP contribution in [0.5, 0.6) is 0 Å². The molecule has 1 atom stereocenters. The van der Waals surface area contributed by atoms with Crippen LogP contribution in [0.25, 0.3) is 10.9 Å². The third-order valence-corrected chi connectivity index (χ3v) is 4.75. The van der Waals surface area contributed by atoms with E-state index < -0.39 is 0 Å². The molecule has 4 nitrogen and oxygen atoms in total. The number of benzene rings is 1. The van der Waals surface area contributed by atoms with E-state index in [9.17, 15) is 4.79 Å². The van der Waals surface area contributed by atoms with E-state index in [1.165, 1.54) is 0 Å². The monoisotopic (exact) mass is 371 g/mol. The van der Waals surface area contributed by atoms with Crippen LogP contribution in [0, 0.1) is 5.92 Å². The molecule has 94 valence electrons. The standard InChI is InChI=1S/C12H11Br2N3O/c13-5-7-3-11(18)17(6-7)8-1-2-9-10(4-8)15-16-12(9)14/h1-2,4,7H,3,5-6H2,(H,15,16). The van der Waals surface area contributed by atoms with Gasteiger partial charge < -0.3 is 4.90 Å². The summed E-state index contributed by atoms with van der Waals surface area (Å²) in [5.41, 5.74) is 1.80. The number of anilines is 1. The van der Waals surface area contributed by atoms with Crippen LogP contribution in [0.3, 0.4) is 0 Å². The lowest BCUT2D eigenvalue weighted by atomic mass is 10.2. The molecule has 1 aliphatic rings. The van der Waals surface area contributed by atoms with E-state index in [0.717, 1.165) is 33.1 Å². The second-order valence-electron chi connectivity index (χ2n) is 4.47. The molecule has 0 radical (unpaired) electrons. The summed E-state index contributed by atoms with van der Waals surface area (Å²) < 4.78 is 0.870. The van der Waals surface area contributed by atoms with Gasteiger partial charge in [0, 0.05) is 29.4 Å². The molecule has 6 heteroatoms. The van der Waals surface area contributed by atoms with Crippen LogP contribution < -0.4 is 4.90 Å². The highest BCUT2D eigenvalue weighted by Gasteiger charge is 2.29. The number of hydrogen-bond acceptors (Lipinski definition) is 2. The molecule has 1 aromatic heterocycles. The normalized spacial score (nSPS) is 20.0. The van der Waals surface area contributed by atoms with Crippen molar-refractivity contribution in [2.24, 2.45) is 5.92 Å². The first kappa shape index (κ1) is 12.2. The third-order valence-electron chi connectivity index (χ3n) is 3.23. The Labute approximate surface area is 121 Å².